The molecule has 0 aliphatic rings. The largest absolute Gasteiger partial charge is 0.310 e. The number of fused-ring (bicyclic) bond motifs is 4. The van der Waals surface area contributed by atoms with Crippen LogP contribution in [0.5, 0.6) is 0 Å². The van der Waals surface area contributed by atoms with Crippen molar-refractivity contribution in [3.63, 3.8) is 0 Å². The first-order chi connectivity index (χ1) is 50.5. The molecule has 0 saturated carbocycles. The smallest absolute Gasteiger partial charge is 0.0540 e. The fourth-order valence-electron chi connectivity index (χ4n) is 14.3. The fourth-order valence-corrected chi connectivity index (χ4v) is 14.3. The Bertz CT molecular complexity index is 5900. The average molecular weight is 1300 g/mol. The molecule has 18 rings (SSSR count). The first-order valence-corrected chi connectivity index (χ1v) is 35.0. The Morgan fingerprint density at radius 3 is 0.725 bits per heavy atom. The molecule has 0 aromatic heterocycles. The van der Waals surface area contributed by atoms with Gasteiger partial charge in [0.2, 0.25) is 0 Å². The third-order valence-electron chi connectivity index (χ3n) is 19.6. The van der Waals surface area contributed by atoms with Crippen molar-refractivity contribution >= 4 is 77.2 Å². The Kier molecular flexibility index (Phi) is 17.2. The summed E-state index contributed by atoms with van der Waals surface area (Å²) < 4.78 is 0. The molecule has 0 aliphatic carbocycles. The Hall–Kier alpha value is -13.4. The maximum absolute atomic E-state index is 2.38. The van der Waals surface area contributed by atoms with Gasteiger partial charge in [-0.3, -0.25) is 0 Å². The molecule has 0 bridgehead atoms. The van der Waals surface area contributed by atoms with Crippen LogP contribution < -0.4 is 9.80 Å². The Morgan fingerprint density at radius 1 is 0.118 bits per heavy atom. The quantitative estimate of drug-likeness (QED) is 0.107. The van der Waals surface area contributed by atoms with E-state index >= 15 is 0 Å². The number of para-hydroxylation sites is 1. The van der Waals surface area contributed by atoms with Crippen molar-refractivity contribution in [2.75, 3.05) is 9.80 Å². The lowest BCUT2D eigenvalue weighted by Gasteiger charge is -2.28. The van der Waals surface area contributed by atoms with Crippen molar-refractivity contribution in [3.05, 3.63) is 425 Å². The van der Waals surface area contributed by atoms with E-state index in [-0.39, 0.29) is 0 Å². The van der Waals surface area contributed by atoms with Crippen molar-refractivity contribution in [1.82, 2.24) is 0 Å². The number of hydrogen-bond donors (Lipinski definition) is 0. The molecule has 0 N–H and O–H groups in total. The van der Waals surface area contributed by atoms with Crippen LogP contribution in [0.25, 0.3) is 132 Å². The number of hydrogen-bond acceptors (Lipinski definition) is 2. The van der Waals surface area contributed by atoms with E-state index in [9.17, 15) is 0 Å². The van der Waals surface area contributed by atoms with Gasteiger partial charge in [-0.15, -0.1) is 0 Å². The zero-order valence-corrected chi connectivity index (χ0v) is 56.3. The summed E-state index contributed by atoms with van der Waals surface area (Å²) in [6, 6.07) is 153. The molecule has 0 spiro atoms. The molecule has 0 unspecified atom stereocenters. The number of anilines is 6. The highest BCUT2D eigenvalue weighted by Crippen LogP contribution is 2.44. The van der Waals surface area contributed by atoms with Crippen LogP contribution >= 0.6 is 0 Å². The molecule has 0 fully saturated rings. The highest BCUT2D eigenvalue weighted by Gasteiger charge is 2.20. The van der Waals surface area contributed by atoms with Gasteiger partial charge in [0.1, 0.15) is 0 Å². The van der Waals surface area contributed by atoms with E-state index in [1.165, 1.54) is 132 Å². The summed E-state index contributed by atoms with van der Waals surface area (Å²) in [5.74, 6) is 0. The molecule has 2 nitrogen and oxygen atoms in total. The summed E-state index contributed by atoms with van der Waals surface area (Å²) in [4.78, 5) is 4.74. The molecule has 18 aromatic rings. The van der Waals surface area contributed by atoms with Gasteiger partial charge in [0.15, 0.2) is 0 Å². The van der Waals surface area contributed by atoms with Crippen molar-refractivity contribution in [2.45, 2.75) is 0 Å². The molecule has 0 amide bonds. The van der Waals surface area contributed by atoms with Crippen LogP contribution in [0.15, 0.2) is 425 Å². The first kappa shape index (κ1) is 62.1. The molecule has 480 valence electrons. The van der Waals surface area contributed by atoms with Crippen LogP contribution in [0.4, 0.5) is 34.1 Å². The second-order valence-corrected chi connectivity index (χ2v) is 26.1. The molecule has 18 aromatic carbocycles. The van der Waals surface area contributed by atoms with Crippen LogP contribution in [0.3, 0.4) is 0 Å². The van der Waals surface area contributed by atoms with Crippen LogP contribution in [0.2, 0.25) is 0 Å². The van der Waals surface area contributed by atoms with E-state index in [4.69, 9.17) is 0 Å². The van der Waals surface area contributed by atoms with Gasteiger partial charge in [-0.1, -0.05) is 322 Å². The van der Waals surface area contributed by atoms with E-state index in [1.807, 2.05) is 0 Å². The van der Waals surface area contributed by atoms with Gasteiger partial charge in [0, 0.05) is 34.0 Å². The zero-order chi connectivity index (χ0) is 68.0. The van der Waals surface area contributed by atoms with E-state index < -0.39 is 0 Å². The van der Waals surface area contributed by atoms with Crippen LogP contribution in [-0.2, 0) is 0 Å². The summed E-state index contributed by atoms with van der Waals surface area (Å²) in [6.45, 7) is 0. The Morgan fingerprint density at radius 2 is 0.353 bits per heavy atom. The second kappa shape index (κ2) is 28.2. The van der Waals surface area contributed by atoms with Gasteiger partial charge >= 0.3 is 0 Å². The van der Waals surface area contributed by atoms with Crippen molar-refractivity contribution in [2.24, 2.45) is 0 Å². The Labute approximate surface area is 596 Å². The van der Waals surface area contributed by atoms with Crippen molar-refractivity contribution in [1.29, 1.82) is 0 Å². The van der Waals surface area contributed by atoms with Gasteiger partial charge in [-0.25, -0.2) is 0 Å². The lowest BCUT2D eigenvalue weighted by Crippen LogP contribution is -2.11. The third-order valence-corrected chi connectivity index (χ3v) is 19.6. The molecule has 0 atom stereocenters. The first-order valence-electron chi connectivity index (χ1n) is 35.0. The predicted molar refractivity (Wildman–Crippen MR) is 436 cm³/mol. The topological polar surface area (TPSA) is 6.48 Å². The van der Waals surface area contributed by atoms with E-state index in [2.05, 4.69) is 434 Å². The van der Waals surface area contributed by atoms with Gasteiger partial charge in [0.25, 0.3) is 0 Å². The minimum absolute atomic E-state index is 1.10. The SMILES string of the molecule is c1ccc(-c2cccc(N(c3ccc(-c4ccc5cc(-c6ccc7ccccc7c6)ccc5c4)cc3)c3cccc(-c4ccccc4)c3)c2)cc1.c1ccc(-c2cccc(N(c3ccc(-c4ccc5cc(-c6ccc7ccccc7c6)ccc5c4)cc3)c3ccccc3-c3ccccc3)c2)cc1. The van der Waals surface area contributed by atoms with Crippen LogP contribution in [0.1, 0.15) is 0 Å². The minimum atomic E-state index is 1.10. The van der Waals surface area contributed by atoms with E-state index in [1.54, 1.807) is 0 Å². The number of benzene rings is 18. The summed E-state index contributed by atoms with van der Waals surface area (Å²) >= 11 is 0. The highest BCUT2D eigenvalue weighted by atomic mass is 15.1. The van der Waals surface area contributed by atoms with E-state index in [0.717, 1.165) is 34.1 Å². The molecule has 102 heavy (non-hydrogen) atoms. The van der Waals surface area contributed by atoms with Crippen molar-refractivity contribution < 1.29 is 0 Å². The van der Waals surface area contributed by atoms with Gasteiger partial charge < -0.3 is 9.80 Å². The molecular formula is C100H70N2. The second-order valence-electron chi connectivity index (χ2n) is 26.1. The monoisotopic (exact) mass is 1300 g/mol. The summed E-state index contributed by atoms with van der Waals surface area (Å²) in [5.41, 5.74) is 26.0. The lowest BCUT2D eigenvalue weighted by atomic mass is 9.96. The highest BCUT2D eigenvalue weighted by molar-refractivity contribution is 5.97. The maximum Gasteiger partial charge on any atom is 0.0540 e. The number of nitrogens with zero attached hydrogens (tertiary/aromatic N) is 2. The van der Waals surface area contributed by atoms with Crippen LogP contribution in [0, 0.1) is 0 Å². The lowest BCUT2D eigenvalue weighted by molar-refractivity contribution is 1.28. The molecule has 0 radical (unpaired) electrons. The minimum Gasteiger partial charge on any atom is -0.310 e. The molecule has 0 heterocycles. The third kappa shape index (κ3) is 13.2. The molecule has 0 saturated heterocycles. The predicted octanol–water partition coefficient (Wildman–Crippen LogP) is 28.3. The summed E-state index contributed by atoms with van der Waals surface area (Å²) in [7, 11) is 0. The summed E-state index contributed by atoms with van der Waals surface area (Å²) in [5, 5.41) is 10.0. The standard InChI is InChI=1S/2C50H35N/c1-3-11-36(12-4-1)41-17-9-19-49(34-41)51(50-20-10-18-42(35-50)37-13-5-2-6-14-37)48-29-27-39(28-30-48)43-23-24-46-33-47(26-25-45(46)32-43)44-22-21-38-15-7-8-16-40(38)31-44;1-3-12-36(13-4-1)41-18-11-19-48(35-41)51(50-21-10-9-20-49(50)39-15-5-2-6-16-39)47-30-28-38(29-31-47)42-24-25-45-34-46(27-26-44(45)33-42)43-23-22-37-14-7-8-17-40(37)32-43/h2*1-35H. The Balaban J connectivity index is 0.000000152. The fraction of sp³-hybridized carbons (Fsp3) is 0. The summed E-state index contributed by atoms with van der Waals surface area (Å²) in [6.07, 6.45) is 0. The van der Waals surface area contributed by atoms with Gasteiger partial charge in [-0.2, -0.15) is 0 Å². The average Bonchev–Trinajstić information content (AvgIpc) is 0.791. The van der Waals surface area contributed by atoms with Crippen LogP contribution in [-0.4, -0.2) is 0 Å². The maximum atomic E-state index is 2.38. The molecule has 0 aliphatic heterocycles. The van der Waals surface area contributed by atoms with Gasteiger partial charge in [-0.05, 0) is 230 Å². The molecular weight excluding hydrogens is 1230 g/mol. The molecule has 2 heteroatoms. The van der Waals surface area contributed by atoms with Crippen molar-refractivity contribution in [3.8, 4) is 89.0 Å². The van der Waals surface area contributed by atoms with E-state index in [0.29, 0.717) is 0 Å². The normalized spacial score (nSPS) is 11.1. The zero-order valence-electron chi connectivity index (χ0n) is 56.3. The number of rotatable bonds is 14. The van der Waals surface area contributed by atoms with Gasteiger partial charge in [0.05, 0.1) is 5.69 Å².